The summed E-state index contributed by atoms with van der Waals surface area (Å²) in [6, 6.07) is 14.0. The van der Waals surface area contributed by atoms with Gasteiger partial charge >= 0.3 is 5.97 Å². The quantitative estimate of drug-likeness (QED) is 0.893. The molecule has 0 saturated carbocycles. The summed E-state index contributed by atoms with van der Waals surface area (Å²) in [6.07, 6.45) is 0.483. The standard InChI is InChI=1S/C14H15NO2.ClH/c15-9-13(14(16)17)8-10-5-6-11-3-1-2-4-12(11)7-10;/h1-7,13H,8-9,15H2,(H,16,17);1H/t13-;/m0./s1. The second kappa shape index (κ2) is 6.38. The third-order valence-electron chi connectivity index (χ3n) is 2.93. The number of carboxylic acid groups (broad SMARTS) is 1. The summed E-state index contributed by atoms with van der Waals surface area (Å²) in [4.78, 5) is 10.9. The maximum Gasteiger partial charge on any atom is 0.308 e. The normalized spacial score (nSPS) is 11.8. The maximum atomic E-state index is 10.9. The first-order chi connectivity index (χ1) is 8.20. The van der Waals surface area contributed by atoms with Crippen LogP contribution in [0.1, 0.15) is 5.56 Å². The van der Waals surface area contributed by atoms with Crippen LogP contribution in [-0.2, 0) is 11.2 Å². The van der Waals surface area contributed by atoms with Crippen LogP contribution in [0.25, 0.3) is 10.8 Å². The van der Waals surface area contributed by atoms with Crippen LogP contribution < -0.4 is 5.73 Å². The molecule has 0 aliphatic heterocycles. The molecule has 0 aromatic heterocycles. The van der Waals surface area contributed by atoms with Crippen molar-refractivity contribution in [3.05, 3.63) is 48.0 Å². The Balaban J connectivity index is 0.00000162. The number of carbonyl (C=O) groups is 1. The lowest BCUT2D eigenvalue weighted by atomic mass is 9.97. The Hall–Kier alpha value is -1.58. The lowest BCUT2D eigenvalue weighted by Gasteiger charge is -2.10. The molecule has 0 amide bonds. The first kappa shape index (κ1) is 14.5. The van der Waals surface area contributed by atoms with Gasteiger partial charge in [-0.05, 0) is 22.8 Å². The lowest BCUT2D eigenvalue weighted by Crippen LogP contribution is -2.25. The van der Waals surface area contributed by atoms with Gasteiger partial charge in [0.05, 0.1) is 5.92 Å². The maximum absolute atomic E-state index is 10.9. The number of hydrogen-bond acceptors (Lipinski definition) is 2. The van der Waals surface area contributed by atoms with E-state index in [-0.39, 0.29) is 19.0 Å². The zero-order chi connectivity index (χ0) is 12.3. The van der Waals surface area contributed by atoms with E-state index in [1.165, 1.54) is 0 Å². The number of nitrogens with two attached hydrogens (primary N) is 1. The van der Waals surface area contributed by atoms with E-state index in [0.29, 0.717) is 6.42 Å². The predicted octanol–water partition coefficient (Wildman–Crippen LogP) is 2.46. The van der Waals surface area contributed by atoms with Gasteiger partial charge in [0.15, 0.2) is 0 Å². The minimum Gasteiger partial charge on any atom is -0.481 e. The fraction of sp³-hybridized carbons (Fsp3) is 0.214. The number of aliphatic carboxylic acids is 1. The Morgan fingerprint density at radius 1 is 1.17 bits per heavy atom. The number of benzene rings is 2. The Morgan fingerprint density at radius 3 is 2.44 bits per heavy atom. The Kier molecular flexibility index (Phi) is 5.13. The van der Waals surface area contributed by atoms with E-state index >= 15 is 0 Å². The first-order valence-electron chi connectivity index (χ1n) is 5.61. The number of halogens is 1. The van der Waals surface area contributed by atoms with Crippen molar-refractivity contribution in [1.29, 1.82) is 0 Å². The molecule has 96 valence electrons. The average Bonchev–Trinajstić information content (AvgIpc) is 2.35. The second-order valence-corrected chi connectivity index (χ2v) is 4.16. The van der Waals surface area contributed by atoms with E-state index in [4.69, 9.17) is 10.8 Å². The predicted molar refractivity (Wildman–Crippen MR) is 75.1 cm³/mol. The van der Waals surface area contributed by atoms with Gasteiger partial charge in [-0.25, -0.2) is 0 Å². The summed E-state index contributed by atoms with van der Waals surface area (Å²) in [6.45, 7) is 0.169. The molecule has 0 aliphatic rings. The van der Waals surface area contributed by atoms with E-state index in [1.807, 2.05) is 42.5 Å². The van der Waals surface area contributed by atoms with Crippen molar-refractivity contribution >= 4 is 29.1 Å². The fourth-order valence-corrected chi connectivity index (χ4v) is 1.92. The van der Waals surface area contributed by atoms with Gasteiger partial charge in [-0.2, -0.15) is 0 Å². The van der Waals surface area contributed by atoms with Gasteiger partial charge in [0, 0.05) is 6.54 Å². The van der Waals surface area contributed by atoms with E-state index in [2.05, 4.69) is 0 Å². The SMILES string of the molecule is Cl.NC[C@H](Cc1ccc2ccccc2c1)C(=O)O. The van der Waals surface area contributed by atoms with Crippen molar-refractivity contribution in [1.82, 2.24) is 0 Å². The number of hydrogen-bond donors (Lipinski definition) is 2. The molecule has 0 saturated heterocycles. The molecule has 2 aromatic rings. The highest BCUT2D eigenvalue weighted by molar-refractivity contribution is 5.85. The van der Waals surface area contributed by atoms with Crippen LogP contribution in [-0.4, -0.2) is 17.6 Å². The first-order valence-corrected chi connectivity index (χ1v) is 5.61. The van der Waals surface area contributed by atoms with Crippen LogP contribution in [0, 0.1) is 5.92 Å². The molecule has 1 atom stereocenters. The fourth-order valence-electron chi connectivity index (χ4n) is 1.92. The van der Waals surface area contributed by atoms with Gasteiger partial charge in [0.2, 0.25) is 0 Å². The molecule has 2 aromatic carbocycles. The summed E-state index contributed by atoms with van der Waals surface area (Å²) in [5.41, 5.74) is 6.47. The van der Waals surface area contributed by atoms with Crippen molar-refractivity contribution in [2.45, 2.75) is 6.42 Å². The molecule has 0 unspecified atom stereocenters. The highest BCUT2D eigenvalue weighted by Crippen LogP contribution is 2.17. The molecular formula is C14H16ClNO2. The molecule has 0 aliphatic carbocycles. The van der Waals surface area contributed by atoms with Crippen molar-refractivity contribution < 1.29 is 9.90 Å². The van der Waals surface area contributed by atoms with Crippen LogP contribution in [0.4, 0.5) is 0 Å². The van der Waals surface area contributed by atoms with Crippen LogP contribution in [0.3, 0.4) is 0 Å². The Morgan fingerprint density at radius 2 is 1.83 bits per heavy atom. The molecule has 0 spiro atoms. The van der Waals surface area contributed by atoms with Gasteiger partial charge in [-0.1, -0.05) is 42.5 Å². The minimum absolute atomic E-state index is 0. The average molecular weight is 266 g/mol. The summed E-state index contributed by atoms with van der Waals surface area (Å²) in [5.74, 6) is -1.34. The van der Waals surface area contributed by atoms with Crippen molar-refractivity contribution in [3.63, 3.8) is 0 Å². The molecule has 0 bridgehead atoms. The topological polar surface area (TPSA) is 63.3 Å². The largest absolute Gasteiger partial charge is 0.481 e. The smallest absolute Gasteiger partial charge is 0.308 e. The van der Waals surface area contributed by atoms with Gasteiger partial charge in [-0.15, -0.1) is 12.4 Å². The van der Waals surface area contributed by atoms with Crippen LogP contribution in [0.15, 0.2) is 42.5 Å². The van der Waals surface area contributed by atoms with E-state index in [1.54, 1.807) is 0 Å². The molecule has 0 heterocycles. The number of carboxylic acids is 1. The summed E-state index contributed by atoms with van der Waals surface area (Å²) in [5, 5.41) is 11.3. The highest BCUT2D eigenvalue weighted by Gasteiger charge is 2.15. The summed E-state index contributed by atoms with van der Waals surface area (Å²) >= 11 is 0. The van der Waals surface area contributed by atoms with Gasteiger partial charge in [0.1, 0.15) is 0 Å². The van der Waals surface area contributed by atoms with E-state index in [0.717, 1.165) is 16.3 Å². The monoisotopic (exact) mass is 265 g/mol. The van der Waals surface area contributed by atoms with Gasteiger partial charge < -0.3 is 10.8 Å². The molecule has 2 rings (SSSR count). The second-order valence-electron chi connectivity index (χ2n) is 4.16. The van der Waals surface area contributed by atoms with Gasteiger partial charge in [0.25, 0.3) is 0 Å². The Bertz CT molecular complexity index is 542. The van der Waals surface area contributed by atoms with Crippen molar-refractivity contribution in [3.8, 4) is 0 Å². The molecule has 18 heavy (non-hydrogen) atoms. The van der Waals surface area contributed by atoms with E-state index in [9.17, 15) is 4.79 Å². The molecule has 4 heteroatoms. The summed E-state index contributed by atoms with van der Waals surface area (Å²) in [7, 11) is 0. The third-order valence-corrected chi connectivity index (χ3v) is 2.93. The molecule has 0 radical (unpaired) electrons. The molecular weight excluding hydrogens is 250 g/mol. The van der Waals surface area contributed by atoms with Gasteiger partial charge in [-0.3, -0.25) is 4.79 Å². The zero-order valence-electron chi connectivity index (χ0n) is 9.87. The van der Waals surface area contributed by atoms with Crippen LogP contribution in [0.2, 0.25) is 0 Å². The van der Waals surface area contributed by atoms with Crippen molar-refractivity contribution in [2.24, 2.45) is 11.7 Å². The van der Waals surface area contributed by atoms with Crippen LogP contribution >= 0.6 is 12.4 Å². The zero-order valence-corrected chi connectivity index (χ0v) is 10.7. The number of rotatable bonds is 4. The van der Waals surface area contributed by atoms with Crippen molar-refractivity contribution in [2.75, 3.05) is 6.54 Å². The molecule has 0 fully saturated rings. The number of fused-ring (bicyclic) bond motifs is 1. The molecule has 3 nitrogen and oxygen atoms in total. The van der Waals surface area contributed by atoms with E-state index < -0.39 is 11.9 Å². The molecule has 3 N–H and O–H groups in total. The Labute approximate surface area is 112 Å². The summed E-state index contributed by atoms with van der Waals surface area (Å²) < 4.78 is 0. The third kappa shape index (κ3) is 3.22. The lowest BCUT2D eigenvalue weighted by molar-refractivity contribution is -0.141. The highest BCUT2D eigenvalue weighted by atomic mass is 35.5. The van der Waals surface area contributed by atoms with Crippen LogP contribution in [0.5, 0.6) is 0 Å². The minimum atomic E-state index is -0.833.